The minimum atomic E-state index is -0.782. The molecule has 0 aliphatic rings. The summed E-state index contributed by atoms with van der Waals surface area (Å²) in [5, 5.41) is 0. The highest BCUT2D eigenvalue weighted by atomic mass is 16.6. The lowest BCUT2D eigenvalue weighted by atomic mass is 10.1. The molecule has 298 valence electrons. The molecule has 6 heteroatoms. The normalized spacial score (nSPS) is 12.6. The Morgan fingerprint density at radius 3 is 1.27 bits per heavy atom. The van der Waals surface area contributed by atoms with Gasteiger partial charge in [0, 0.05) is 19.3 Å². The van der Waals surface area contributed by atoms with E-state index in [1.54, 1.807) is 0 Å². The molecule has 0 aromatic rings. The van der Waals surface area contributed by atoms with E-state index in [4.69, 9.17) is 14.2 Å². The van der Waals surface area contributed by atoms with Crippen molar-refractivity contribution in [2.75, 3.05) is 13.2 Å². The number of unbranched alkanes of at least 4 members (excludes halogenated alkanes) is 16. The van der Waals surface area contributed by atoms with Gasteiger partial charge in [0.1, 0.15) is 13.2 Å². The number of carbonyl (C=O) groups excluding carboxylic acids is 3. The van der Waals surface area contributed by atoms with Crippen LogP contribution in [0.3, 0.4) is 0 Å². The fraction of sp³-hybridized carbons (Fsp3) is 0.717. The van der Waals surface area contributed by atoms with Gasteiger partial charge in [-0.2, -0.15) is 0 Å². The summed E-state index contributed by atoms with van der Waals surface area (Å²) in [6.07, 6.45) is 47.9. The number of rotatable bonds is 37. The average Bonchev–Trinajstić information content (AvgIpc) is 3.14. The lowest BCUT2D eigenvalue weighted by molar-refractivity contribution is -0.167. The van der Waals surface area contributed by atoms with E-state index < -0.39 is 6.10 Å². The monoisotopic (exact) mass is 727 g/mol. The molecule has 6 nitrogen and oxygen atoms in total. The van der Waals surface area contributed by atoms with Crippen molar-refractivity contribution in [3.8, 4) is 0 Å². The summed E-state index contributed by atoms with van der Waals surface area (Å²) in [5.74, 6) is -0.936. The standard InChI is InChI=1S/C46H78O6/c1-4-7-10-13-16-18-20-21-22-23-24-25-26-28-30-33-36-39-45(48)51-42-43(41-50-44(47)38-35-32-29-15-12-9-6-3)52-46(49)40-37-34-31-27-19-17-14-11-8-5-2/h7,10-11,14,16,18,21-22,24-25,43H,4-6,8-9,12-13,15,17,19-20,23,26-42H2,1-3H3/b10-7-,14-11-,18-16-,22-21-,25-24-. The van der Waals surface area contributed by atoms with Crippen molar-refractivity contribution in [1.29, 1.82) is 0 Å². The Bertz CT molecular complexity index is 975. The maximum Gasteiger partial charge on any atom is 0.306 e. The first-order chi connectivity index (χ1) is 25.5. The molecule has 0 aliphatic heterocycles. The molecule has 0 radical (unpaired) electrons. The Labute approximate surface area is 320 Å². The van der Waals surface area contributed by atoms with Crippen LogP contribution in [0.1, 0.15) is 194 Å². The number of ether oxygens (including phenoxy) is 3. The highest BCUT2D eigenvalue weighted by molar-refractivity contribution is 5.71. The third-order valence-corrected chi connectivity index (χ3v) is 8.74. The molecule has 52 heavy (non-hydrogen) atoms. The molecule has 1 unspecified atom stereocenters. The molecule has 0 fully saturated rings. The van der Waals surface area contributed by atoms with Crippen LogP contribution in [0.5, 0.6) is 0 Å². The first-order valence-corrected chi connectivity index (χ1v) is 21.3. The molecular formula is C46H78O6. The molecule has 1 atom stereocenters. The van der Waals surface area contributed by atoms with Gasteiger partial charge in [0.25, 0.3) is 0 Å². The maximum atomic E-state index is 12.6. The summed E-state index contributed by atoms with van der Waals surface area (Å²) in [5.41, 5.74) is 0. The zero-order chi connectivity index (χ0) is 38.0. The second-order valence-corrected chi connectivity index (χ2v) is 13.9. The molecule has 0 amide bonds. The maximum absolute atomic E-state index is 12.6. The number of hydrogen-bond donors (Lipinski definition) is 0. The van der Waals surface area contributed by atoms with Gasteiger partial charge in [0.2, 0.25) is 0 Å². The van der Waals surface area contributed by atoms with Gasteiger partial charge >= 0.3 is 17.9 Å². The first kappa shape index (κ1) is 49.1. The van der Waals surface area contributed by atoms with Gasteiger partial charge in [-0.3, -0.25) is 14.4 Å². The zero-order valence-corrected chi connectivity index (χ0v) is 33.8. The summed E-state index contributed by atoms with van der Waals surface area (Å²) in [6, 6.07) is 0. The zero-order valence-electron chi connectivity index (χ0n) is 33.8. The molecule has 0 rings (SSSR count). The second kappa shape index (κ2) is 40.9. The van der Waals surface area contributed by atoms with Crippen LogP contribution in [-0.2, 0) is 28.6 Å². The van der Waals surface area contributed by atoms with E-state index in [1.165, 1.54) is 38.5 Å². The average molecular weight is 727 g/mol. The predicted molar refractivity (Wildman–Crippen MR) is 219 cm³/mol. The second-order valence-electron chi connectivity index (χ2n) is 13.9. The number of allylic oxidation sites excluding steroid dienone is 10. The van der Waals surface area contributed by atoms with Crippen molar-refractivity contribution in [2.45, 2.75) is 200 Å². The minimum absolute atomic E-state index is 0.0861. The van der Waals surface area contributed by atoms with Gasteiger partial charge in [-0.05, 0) is 77.0 Å². The summed E-state index contributed by atoms with van der Waals surface area (Å²) >= 11 is 0. The predicted octanol–water partition coefficient (Wildman–Crippen LogP) is 13.4. The summed E-state index contributed by atoms with van der Waals surface area (Å²) in [6.45, 7) is 6.36. The van der Waals surface area contributed by atoms with Crippen LogP contribution in [0, 0.1) is 0 Å². The Kier molecular flexibility index (Phi) is 38.6. The quantitative estimate of drug-likeness (QED) is 0.0274. The van der Waals surface area contributed by atoms with E-state index in [2.05, 4.69) is 81.5 Å². The Morgan fingerprint density at radius 2 is 0.788 bits per heavy atom. The summed E-state index contributed by atoms with van der Waals surface area (Å²) in [7, 11) is 0. The highest BCUT2D eigenvalue weighted by Gasteiger charge is 2.19. The molecule has 0 N–H and O–H groups in total. The van der Waals surface area contributed by atoms with Crippen LogP contribution in [-0.4, -0.2) is 37.2 Å². The Hall–Kier alpha value is -2.89. The SMILES string of the molecule is CC/C=C\C/C=C\C/C=C\C/C=C\CCCCCCC(=O)OCC(COC(=O)CCCCCCCCC)OC(=O)CCCCCCC/C=C\CCC. The van der Waals surface area contributed by atoms with Gasteiger partial charge in [-0.15, -0.1) is 0 Å². The van der Waals surface area contributed by atoms with Gasteiger partial charge in [-0.1, -0.05) is 159 Å². The van der Waals surface area contributed by atoms with Gasteiger partial charge in [0.15, 0.2) is 6.10 Å². The number of carbonyl (C=O) groups is 3. The van der Waals surface area contributed by atoms with Crippen LogP contribution < -0.4 is 0 Å². The Balaban J connectivity index is 4.35. The van der Waals surface area contributed by atoms with E-state index in [-0.39, 0.29) is 31.1 Å². The van der Waals surface area contributed by atoms with Crippen LogP contribution in [0.15, 0.2) is 60.8 Å². The van der Waals surface area contributed by atoms with Crippen LogP contribution in [0.4, 0.5) is 0 Å². The van der Waals surface area contributed by atoms with Crippen molar-refractivity contribution >= 4 is 17.9 Å². The molecule has 0 heterocycles. The number of hydrogen-bond acceptors (Lipinski definition) is 6. The largest absolute Gasteiger partial charge is 0.462 e. The van der Waals surface area contributed by atoms with Gasteiger partial charge in [0.05, 0.1) is 0 Å². The minimum Gasteiger partial charge on any atom is -0.462 e. The molecule has 0 saturated heterocycles. The van der Waals surface area contributed by atoms with Crippen molar-refractivity contribution < 1.29 is 28.6 Å². The third kappa shape index (κ3) is 38.3. The Morgan fingerprint density at radius 1 is 0.404 bits per heavy atom. The topological polar surface area (TPSA) is 78.9 Å². The molecular weight excluding hydrogens is 648 g/mol. The highest BCUT2D eigenvalue weighted by Crippen LogP contribution is 2.12. The van der Waals surface area contributed by atoms with Crippen molar-refractivity contribution in [2.24, 2.45) is 0 Å². The van der Waals surface area contributed by atoms with Gasteiger partial charge < -0.3 is 14.2 Å². The first-order valence-electron chi connectivity index (χ1n) is 21.3. The van der Waals surface area contributed by atoms with Gasteiger partial charge in [-0.25, -0.2) is 0 Å². The molecule has 0 aromatic carbocycles. The smallest absolute Gasteiger partial charge is 0.306 e. The fourth-order valence-corrected chi connectivity index (χ4v) is 5.55. The van der Waals surface area contributed by atoms with E-state index >= 15 is 0 Å². The van der Waals surface area contributed by atoms with Crippen LogP contribution >= 0.6 is 0 Å². The summed E-state index contributed by atoms with van der Waals surface area (Å²) in [4.78, 5) is 37.5. The van der Waals surface area contributed by atoms with E-state index in [1.807, 2.05) is 0 Å². The summed E-state index contributed by atoms with van der Waals surface area (Å²) < 4.78 is 16.6. The van der Waals surface area contributed by atoms with E-state index in [9.17, 15) is 14.4 Å². The lowest BCUT2D eigenvalue weighted by Crippen LogP contribution is -2.30. The third-order valence-electron chi connectivity index (χ3n) is 8.74. The lowest BCUT2D eigenvalue weighted by Gasteiger charge is -2.18. The molecule has 0 aromatic heterocycles. The van der Waals surface area contributed by atoms with Crippen molar-refractivity contribution in [1.82, 2.24) is 0 Å². The fourth-order valence-electron chi connectivity index (χ4n) is 5.55. The van der Waals surface area contributed by atoms with Crippen LogP contribution in [0.2, 0.25) is 0 Å². The van der Waals surface area contributed by atoms with Crippen molar-refractivity contribution in [3.05, 3.63) is 60.8 Å². The molecule has 0 saturated carbocycles. The molecule has 0 spiro atoms. The van der Waals surface area contributed by atoms with Crippen molar-refractivity contribution in [3.63, 3.8) is 0 Å². The van der Waals surface area contributed by atoms with E-state index in [0.29, 0.717) is 19.3 Å². The van der Waals surface area contributed by atoms with Crippen LogP contribution in [0.25, 0.3) is 0 Å². The molecule has 0 bridgehead atoms. The van der Waals surface area contributed by atoms with E-state index in [0.717, 1.165) is 116 Å². The number of esters is 3. The molecule has 0 aliphatic carbocycles.